The third-order valence-corrected chi connectivity index (χ3v) is 7.39. The lowest BCUT2D eigenvalue weighted by Gasteiger charge is -2.16. The van der Waals surface area contributed by atoms with Crippen molar-refractivity contribution in [3.63, 3.8) is 0 Å². The van der Waals surface area contributed by atoms with E-state index >= 15 is 0 Å². The van der Waals surface area contributed by atoms with Gasteiger partial charge in [-0.05, 0) is 30.7 Å². The van der Waals surface area contributed by atoms with E-state index in [2.05, 4.69) is 32.5 Å². The summed E-state index contributed by atoms with van der Waals surface area (Å²) in [7, 11) is -3.22. The molecule has 9 nitrogen and oxygen atoms in total. The Morgan fingerprint density at radius 2 is 2.00 bits per heavy atom. The molecule has 30 heavy (non-hydrogen) atoms. The minimum Gasteiger partial charge on any atom is -0.423 e. The van der Waals surface area contributed by atoms with Crippen LogP contribution in [0.4, 0.5) is 17.7 Å². The number of sulfonamides is 1. The Morgan fingerprint density at radius 3 is 2.70 bits per heavy atom. The second-order valence-corrected chi connectivity index (χ2v) is 10.1. The first-order valence-corrected chi connectivity index (χ1v) is 12.5. The van der Waals surface area contributed by atoms with Crippen LogP contribution in [0.1, 0.15) is 13.3 Å². The van der Waals surface area contributed by atoms with Crippen LogP contribution >= 0.6 is 11.8 Å². The normalized spacial score (nSPS) is 16.7. The standard InChI is InChI=1S/C19H24N6O3S2/c1-13(9-20-18-21-11-15(29-2)12-22-18)10-23-19-24-16-5-4-14(8-17(16)28-19)25-6-3-7-30(25,26)27/h4-5,8,11-13H,3,6-7,9-10H2,1-2H3,(H,23,24)(H,20,21,22). The molecule has 0 saturated carbocycles. The molecule has 3 heterocycles. The Labute approximate surface area is 179 Å². The monoisotopic (exact) mass is 448 g/mol. The zero-order chi connectivity index (χ0) is 21.1. The summed E-state index contributed by atoms with van der Waals surface area (Å²) in [6.45, 7) is 3.94. The van der Waals surface area contributed by atoms with E-state index in [1.54, 1.807) is 42.4 Å². The molecule has 11 heteroatoms. The molecule has 1 fully saturated rings. The fourth-order valence-electron chi connectivity index (χ4n) is 3.19. The average molecular weight is 449 g/mol. The quantitative estimate of drug-likeness (QED) is 0.502. The van der Waals surface area contributed by atoms with Crippen LogP contribution in [0, 0.1) is 5.92 Å². The summed E-state index contributed by atoms with van der Waals surface area (Å²) in [6.07, 6.45) is 6.22. The predicted octanol–water partition coefficient (Wildman–Crippen LogP) is 3.04. The molecule has 0 amide bonds. The van der Waals surface area contributed by atoms with Crippen molar-refractivity contribution < 1.29 is 12.8 Å². The van der Waals surface area contributed by atoms with E-state index < -0.39 is 10.0 Å². The Balaban J connectivity index is 1.34. The van der Waals surface area contributed by atoms with E-state index in [0.717, 1.165) is 4.90 Å². The number of aromatic nitrogens is 3. The molecule has 1 aromatic carbocycles. The molecule has 1 aliphatic rings. The number of nitrogens with zero attached hydrogens (tertiary/aromatic N) is 4. The van der Waals surface area contributed by atoms with Gasteiger partial charge in [0.25, 0.3) is 6.01 Å². The van der Waals surface area contributed by atoms with Gasteiger partial charge in [0.05, 0.1) is 11.4 Å². The van der Waals surface area contributed by atoms with Crippen LogP contribution in [0.2, 0.25) is 0 Å². The second-order valence-electron chi connectivity index (χ2n) is 7.23. The first kappa shape index (κ1) is 20.7. The smallest absolute Gasteiger partial charge is 0.295 e. The van der Waals surface area contributed by atoms with E-state index in [0.29, 0.717) is 54.8 Å². The summed E-state index contributed by atoms with van der Waals surface area (Å²) in [5, 5.41) is 6.42. The van der Waals surface area contributed by atoms with E-state index in [4.69, 9.17) is 4.42 Å². The lowest BCUT2D eigenvalue weighted by molar-refractivity contribution is 0.586. The molecule has 1 saturated heterocycles. The van der Waals surface area contributed by atoms with E-state index in [9.17, 15) is 8.42 Å². The number of nitrogens with one attached hydrogen (secondary N) is 2. The third-order valence-electron chi connectivity index (χ3n) is 4.83. The van der Waals surface area contributed by atoms with Gasteiger partial charge < -0.3 is 15.1 Å². The first-order valence-electron chi connectivity index (χ1n) is 9.69. The molecule has 4 rings (SSSR count). The number of hydrogen-bond acceptors (Lipinski definition) is 9. The summed E-state index contributed by atoms with van der Waals surface area (Å²) < 4.78 is 31.5. The molecule has 2 aromatic heterocycles. The summed E-state index contributed by atoms with van der Waals surface area (Å²) in [6, 6.07) is 5.70. The van der Waals surface area contributed by atoms with Crippen LogP contribution in [0.15, 0.2) is 39.9 Å². The van der Waals surface area contributed by atoms with Crippen molar-refractivity contribution in [2.24, 2.45) is 5.92 Å². The van der Waals surface area contributed by atoms with Gasteiger partial charge in [0.15, 0.2) is 5.58 Å². The van der Waals surface area contributed by atoms with Crippen LogP contribution in [0.25, 0.3) is 11.1 Å². The van der Waals surface area contributed by atoms with Gasteiger partial charge in [-0.2, -0.15) is 4.98 Å². The maximum atomic E-state index is 12.1. The number of oxazole rings is 1. The Kier molecular flexibility index (Phi) is 6.00. The van der Waals surface area contributed by atoms with E-state index in [1.165, 1.54) is 4.31 Å². The minimum absolute atomic E-state index is 0.187. The van der Waals surface area contributed by atoms with Crippen LogP contribution in [-0.2, 0) is 10.0 Å². The maximum Gasteiger partial charge on any atom is 0.295 e. The first-order chi connectivity index (χ1) is 14.4. The maximum absolute atomic E-state index is 12.1. The van der Waals surface area contributed by atoms with Crippen molar-refractivity contribution in [1.82, 2.24) is 15.0 Å². The molecule has 0 radical (unpaired) electrons. The molecule has 1 unspecified atom stereocenters. The summed E-state index contributed by atoms with van der Waals surface area (Å²) in [4.78, 5) is 14.0. The fourth-order valence-corrected chi connectivity index (χ4v) is 5.06. The molecule has 0 spiro atoms. The van der Waals surface area contributed by atoms with Gasteiger partial charge in [0.2, 0.25) is 16.0 Å². The molecular weight excluding hydrogens is 424 g/mol. The highest BCUT2D eigenvalue weighted by molar-refractivity contribution is 7.98. The van der Waals surface area contributed by atoms with Crippen LogP contribution in [0.5, 0.6) is 0 Å². The lowest BCUT2D eigenvalue weighted by atomic mass is 10.2. The highest BCUT2D eigenvalue weighted by atomic mass is 32.2. The molecule has 1 aliphatic heterocycles. The Bertz CT molecular complexity index is 1120. The van der Waals surface area contributed by atoms with Crippen molar-refractivity contribution in [2.75, 3.05) is 46.6 Å². The third kappa shape index (κ3) is 4.62. The second kappa shape index (κ2) is 8.68. The van der Waals surface area contributed by atoms with Crippen molar-refractivity contribution >= 4 is 50.5 Å². The average Bonchev–Trinajstić information content (AvgIpc) is 3.32. The highest BCUT2D eigenvalue weighted by Crippen LogP contribution is 2.29. The highest BCUT2D eigenvalue weighted by Gasteiger charge is 2.28. The summed E-state index contributed by atoms with van der Waals surface area (Å²) in [5.74, 6) is 1.06. The predicted molar refractivity (Wildman–Crippen MR) is 120 cm³/mol. The molecule has 0 aliphatic carbocycles. The zero-order valence-corrected chi connectivity index (χ0v) is 18.5. The number of anilines is 3. The molecule has 160 valence electrons. The Morgan fingerprint density at radius 1 is 1.23 bits per heavy atom. The van der Waals surface area contributed by atoms with Crippen molar-refractivity contribution in [2.45, 2.75) is 18.2 Å². The number of hydrogen-bond donors (Lipinski definition) is 2. The van der Waals surface area contributed by atoms with E-state index in [1.807, 2.05) is 6.26 Å². The molecule has 3 aromatic rings. The largest absolute Gasteiger partial charge is 0.423 e. The zero-order valence-electron chi connectivity index (χ0n) is 16.8. The summed E-state index contributed by atoms with van der Waals surface area (Å²) in [5.41, 5.74) is 1.86. The van der Waals surface area contributed by atoms with E-state index in [-0.39, 0.29) is 11.7 Å². The van der Waals surface area contributed by atoms with Gasteiger partial charge in [-0.15, -0.1) is 11.8 Å². The number of fused-ring (bicyclic) bond motifs is 1. The molecular formula is C19H24N6O3S2. The molecule has 2 N–H and O–H groups in total. The Hall–Kier alpha value is -2.53. The minimum atomic E-state index is -3.22. The SMILES string of the molecule is CSc1cnc(NCC(C)CNc2nc3ccc(N4CCCS4(=O)=O)cc3o2)nc1. The van der Waals surface area contributed by atoms with Crippen molar-refractivity contribution in [3.8, 4) is 0 Å². The van der Waals surface area contributed by atoms with Crippen LogP contribution in [0.3, 0.4) is 0 Å². The van der Waals surface area contributed by atoms with Gasteiger partial charge >= 0.3 is 0 Å². The lowest BCUT2D eigenvalue weighted by Crippen LogP contribution is -2.24. The number of benzene rings is 1. The van der Waals surface area contributed by atoms with Gasteiger partial charge in [0, 0.05) is 43.0 Å². The summed E-state index contributed by atoms with van der Waals surface area (Å²) >= 11 is 1.60. The van der Waals surface area contributed by atoms with Gasteiger partial charge in [-0.25, -0.2) is 18.4 Å². The van der Waals surface area contributed by atoms with Crippen LogP contribution in [-0.4, -0.2) is 55.0 Å². The fraction of sp³-hybridized carbons (Fsp3) is 0.421. The van der Waals surface area contributed by atoms with Crippen molar-refractivity contribution in [1.29, 1.82) is 0 Å². The number of thioether (sulfide) groups is 1. The molecule has 0 bridgehead atoms. The van der Waals surface area contributed by atoms with Crippen molar-refractivity contribution in [3.05, 3.63) is 30.6 Å². The number of rotatable bonds is 8. The van der Waals surface area contributed by atoms with Gasteiger partial charge in [0.1, 0.15) is 5.52 Å². The van der Waals surface area contributed by atoms with Gasteiger partial charge in [-0.3, -0.25) is 4.31 Å². The topological polar surface area (TPSA) is 113 Å². The van der Waals surface area contributed by atoms with Crippen LogP contribution < -0.4 is 14.9 Å². The van der Waals surface area contributed by atoms with Gasteiger partial charge in [-0.1, -0.05) is 6.92 Å². The molecule has 1 atom stereocenters.